The average molecular weight is 468 g/mol. The smallest absolute Gasteiger partial charge is 0.274 e. The van der Waals surface area contributed by atoms with Crippen LogP contribution in [0.15, 0.2) is 47.8 Å². The molecule has 0 saturated carbocycles. The van der Waals surface area contributed by atoms with Crippen molar-refractivity contribution in [3.8, 4) is 11.5 Å². The second-order valence-electron chi connectivity index (χ2n) is 7.85. The van der Waals surface area contributed by atoms with Gasteiger partial charge in [0, 0.05) is 28.7 Å². The average Bonchev–Trinajstić information content (AvgIpc) is 3.33. The van der Waals surface area contributed by atoms with Gasteiger partial charge < -0.3 is 14.8 Å². The van der Waals surface area contributed by atoms with Crippen LogP contribution >= 0.6 is 11.3 Å². The number of nitro benzene ring substituents is 1. The molecule has 3 aromatic rings. The van der Waals surface area contributed by atoms with Crippen LogP contribution in [0.2, 0.25) is 0 Å². The first-order valence-electron chi connectivity index (χ1n) is 10.5. The van der Waals surface area contributed by atoms with E-state index in [1.807, 2.05) is 23.6 Å². The number of carbonyl (C=O) groups excluding carboxylic acids is 1. The molecule has 1 atom stereocenters. The second kappa shape index (κ2) is 9.60. The summed E-state index contributed by atoms with van der Waals surface area (Å²) in [4.78, 5) is 27.0. The third kappa shape index (κ3) is 4.69. The van der Waals surface area contributed by atoms with Crippen molar-refractivity contribution < 1.29 is 19.2 Å². The summed E-state index contributed by atoms with van der Waals surface area (Å²) in [6, 6.07) is 12.7. The summed E-state index contributed by atoms with van der Waals surface area (Å²) in [6.07, 6.45) is 0.765. The standard InChI is InChI=1S/C24H25N3O5S/c1-15-6-7-17(12-19(15)27(29)30)25-23(28)14-26-9-8-16-11-20(31-2)21(32-3)13-18(16)24(26)22-5-4-10-33-22/h4-7,10-13,24H,8-9,14H2,1-3H3,(H,25,28)/t24-/m0/s1. The van der Waals surface area contributed by atoms with Gasteiger partial charge in [-0.25, -0.2) is 0 Å². The number of thiophene rings is 1. The van der Waals surface area contributed by atoms with Crippen LogP contribution in [0.25, 0.3) is 0 Å². The highest BCUT2D eigenvalue weighted by Gasteiger charge is 2.32. The molecular formula is C24H25N3O5S. The number of aryl methyl sites for hydroxylation is 1. The van der Waals surface area contributed by atoms with Gasteiger partial charge >= 0.3 is 0 Å². The summed E-state index contributed by atoms with van der Waals surface area (Å²) < 4.78 is 11.0. The number of nitrogens with zero attached hydrogens (tertiary/aromatic N) is 2. The maximum absolute atomic E-state index is 12.9. The van der Waals surface area contributed by atoms with Gasteiger partial charge in [0.25, 0.3) is 5.69 Å². The number of hydrogen-bond acceptors (Lipinski definition) is 7. The number of hydrogen-bond donors (Lipinski definition) is 1. The summed E-state index contributed by atoms with van der Waals surface area (Å²) in [7, 11) is 3.23. The lowest BCUT2D eigenvalue weighted by atomic mass is 9.91. The number of benzene rings is 2. The van der Waals surface area contributed by atoms with Gasteiger partial charge in [-0.15, -0.1) is 11.3 Å². The molecular weight excluding hydrogens is 442 g/mol. The highest BCUT2D eigenvalue weighted by Crippen LogP contribution is 2.42. The molecule has 4 rings (SSSR count). The Morgan fingerprint density at radius 2 is 1.97 bits per heavy atom. The first-order valence-corrected chi connectivity index (χ1v) is 11.4. The number of anilines is 1. The lowest BCUT2D eigenvalue weighted by molar-refractivity contribution is -0.385. The molecule has 0 radical (unpaired) electrons. The third-order valence-electron chi connectivity index (χ3n) is 5.82. The van der Waals surface area contributed by atoms with Crippen molar-refractivity contribution in [3.63, 3.8) is 0 Å². The van der Waals surface area contributed by atoms with E-state index in [1.165, 1.54) is 6.07 Å². The maximum atomic E-state index is 12.9. The molecule has 2 heterocycles. The SMILES string of the molecule is COc1cc2c(cc1OC)[C@@H](c1cccs1)N(CC(=O)Nc1ccc(C)c([N+](=O)[O-])c1)CC2. The van der Waals surface area contributed by atoms with E-state index in [9.17, 15) is 14.9 Å². The zero-order valence-corrected chi connectivity index (χ0v) is 19.5. The first kappa shape index (κ1) is 22.8. The third-order valence-corrected chi connectivity index (χ3v) is 6.75. The van der Waals surface area contributed by atoms with Crippen molar-refractivity contribution in [2.45, 2.75) is 19.4 Å². The van der Waals surface area contributed by atoms with Gasteiger partial charge in [0.15, 0.2) is 11.5 Å². The minimum absolute atomic E-state index is 0.0165. The van der Waals surface area contributed by atoms with Gasteiger partial charge in [-0.1, -0.05) is 12.1 Å². The lowest BCUT2D eigenvalue weighted by Gasteiger charge is -2.37. The first-order chi connectivity index (χ1) is 15.9. The predicted octanol–water partition coefficient (Wildman–Crippen LogP) is 4.57. The monoisotopic (exact) mass is 467 g/mol. The summed E-state index contributed by atoms with van der Waals surface area (Å²) in [6.45, 7) is 2.51. The topological polar surface area (TPSA) is 93.9 Å². The highest BCUT2D eigenvalue weighted by atomic mass is 32.1. The fourth-order valence-electron chi connectivity index (χ4n) is 4.22. The molecule has 9 heteroatoms. The Kier molecular flexibility index (Phi) is 6.62. The van der Waals surface area contributed by atoms with Crippen molar-refractivity contribution in [3.05, 3.63) is 79.5 Å². The molecule has 1 aliphatic rings. The Hall–Kier alpha value is -3.43. The Bertz CT molecular complexity index is 1180. The molecule has 0 fully saturated rings. The Morgan fingerprint density at radius 1 is 1.21 bits per heavy atom. The number of nitrogens with one attached hydrogen (secondary N) is 1. The molecule has 0 spiro atoms. The number of fused-ring (bicyclic) bond motifs is 1. The summed E-state index contributed by atoms with van der Waals surface area (Å²) >= 11 is 1.64. The number of rotatable bonds is 7. The maximum Gasteiger partial charge on any atom is 0.274 e. The van der Waals surface area contributed by atoms with Crippen molar-refractivity contribution >= 4 is 28.6 Å². The summed E-state index contributed by atoms with van der Waals surface area (Å²) in [5.74, 6) is 1.11. The van der Waals surface area contributed by atoms with E-state index in [2.05, 4.69) is 16.3 Å². The fourth-order valence-corrected chi connectivity index (χ4v) is 5.09. The van der Waals surface area contributed by atoms with E-state index in [0.717, 1.165) is 22.4 Å². The van der Waals surface area contributed by atoms with E-state index in [1.54, 1.807) is 44.6 Å². The van der Waals surface area contributed by atoms with Gasteiger partial charge in [0.1, 0.15) is 0 Å². The second-order valence-corrected chi connectivity index (χ2v) is 8.83. The van der Waals surface area contributed by atoms with E-state index in [0.29, 0.717) is 29.3 Å². The molecule has 0 bridgehead atoms. The van der Waals surface area contributed by atoms with Crippen LogP contribution < -0.4 is 14.8 Å². The van der Waals surface area contributed by atoms with Crippen LogP contribution in [-0.2, 0) is 11.2 Å². The van der Waals surface area contributed by atoms with Crippen LogP contribution in [-0.4, -0.2) is 43.0 Å². The van der Waals surface area contributed by atoms with Crippen molar-refractivity contribution in [2.75, 3.05) is 32.6 Å². The number of amides is 1. The van der Waals surface area contributed by atoms with Crippen LogP contribution in [0.1, 0.15) is 27.6 Å². The minimum atomic E-state index is -0.443. The van der Waals surface area contributed by atoms with Gasteiger partial charge in [-0.2, -0.15) is 0 Å². The van der Waals surface area contributed by atoms with Gasteiger partial charge in [-0.05, 0) is 54.1 Å². The molecule has 0 unspecified atom stereocenters. The van der Waals surface area contributed by atoms with Gasteiger partial charge in [-0.3, -0.25) is 19.8 Å². The van der Waals surface area contributed by atoms with Gasteiger partial charge in [0.05, 0.1) is 31.7 Å². The molecule has 0 saturated heterocycles. The largest absolute Gasteiger partial charge is 0.493 e. The van der Waals surface area contributed by atoms with Crippen molar-refractivity contribution in [1.29, 1.82) is 0 Å². The zero-order valence-electron chi connectivity index (χ0n) is 18.7. The minimum Gasteiger partial charge on any atom is -0.493 e. The number of nitro groups is 1. The van der Waals surface area contributed by atoms with E-state index < -0.39 is 4.92 Å². The summed E-state index contributed by atoms with van der Waals surface area (Å²) in [5, 5.41) is 16.1. The predicted molar refractivity (Wildman–Crippen MR) is 127 cm³/mol. The number of methoxy groups -OCH3 is 2. The number of carbonyl (C=O) groups is 1. The molecule has 1 aliphatic heterocycles. The van der Waals surface area contributed by atoms with Crippen LogP contribution in [0.5, 0.6) is 11.5 Å². The van der Waals surface area contributed by atoms with Crippen LogP contribution in [0.4, 0.5) is 11.4 Å². The molecule has 1 aromatic heterocycles. The van der Waals surface area contributed by atoms with Crippen LogP contribution in [0.3, 0.4) is 0 Å². The molecule has 1 N–H and O–H groups in total. The molecule has 1 amide bonds. The molecule has 8 nitrogen and oxygen atoms in total. The quantitative estimate of drug-likeness (QED) is 0.404. The fraction of sp³-hybridized carbons (Fsp3) is 0.292. The van der Waals surface area contributed by atoms with E-state index in [-0.39, 0.29) is 24.2 Å². The van der Waals surface area contributed by atoms with E-state index in [4.69, 9.17) is 9.47 Å². The summed E-state index contributed by atoms with van der Waals surface area (Å²) in [5.41, 5.74) is 3.19. The highest BCUT2D eigenvalue weighted by molar-refractivity contribution is 7.10. The van der Waals surface area contributed by atoms with Crippen molar-refractivity contribution in [2.24, 2.45) is 0 Å². The van der Waals surface area contributed by atoms with Crippen LogP contribution in [0, 0.1) is 17.0 Å². The van der Waals surface area contributed by atoms with E-state index >= 15 is 0 Å². The Morgan fingerprint density at radius 3 is 2.64 bits per heavy atom. The molecule has 2 aromatic carbocycles. The zero-order chi connectivity index (χ0) is 23.5. The normalized spacial score (nSPS) is 15.5. The molecule has 0 aliphatic carbocycles. The molecule has 172 valence electrons. The number of ether oxygens (including phenoxy) is 2. The Balaban J connectivity index is 1.61. The van der Waals surface area contributed by atoms with Gasteiger partial charge in [0.2, 0.25) is 5.91 Å². The Labute approximate surface area is 195 Å². The molecule has 33 heavy (non-hydrogen) atoms. The van der Waals surface area contributed by atoms with Crippen molar-refractivity contribution in [1.82, 2.24) is 4.90 Å². The lowest BCUT2D eigenvalue weighted by Crippen LogP contribution is -2.40.